The van der Waals surface area contributed by atoms with Crippen LogP contribution in [0.5, 0.6) is 0 Å². The van der Waals surface area contributed by atoms with E-state index in [2.05, 4.69) is 19.2 Å². The van der Waals surface area contributed by atoms with Gasteiger partial charge in [0.05, 0.1) is 23.5 Å². The molecule has 0 aliphatic heterocycles. The van der Waals surface area contributed by atoms with Crippen LogP contribution < -0.4 is 11.1 Å². The molecule has 0 saturated heterocycles. The van der Waals surface area contributed by atoms with Crippen LogP contribution in [0, 0.1) is 6.92 Å². The molecule has 3 heteroatoms. The van der Waals surface area contributed by atoms with E-state index >= 15 is 0 Å². The van der Waals surface area contributed by atoms with Crippen molar-refractivity contribution in [2.45, 2.75) is 26.3 Å². The Morgan fingerprint density at radius 2 is 2.07 bits per heavy atom. The summed E-state index contributed by atoms with van der Waals surface area (Å²) >= 11 is 0. The largest absolute Gasteiger partial charge is 0.397 e. The molecule has 3 nitrogen and oxygen atoms in total. The van der Waals surface area contributed by atoms with Crippen LogP contribution in [0.4, 0.5) is 11.4 Å². The molecule has 0 saturated carbocycles. The van der Waals surface area contributed by atoms with E-state index in [1.807, 2.05) is 25.1 Å². The van der Waals surface area contributed by atoms with Crippen molar-refractivity contribution in [1.82, 2.24) is 0 Å². The van der Waals surface area contributed by atoms with Crippen LogP contribution in [0.15, 0.2) is 18.2 Å². The van der Waals surface area contributed by atoms with Gasteiger partial charge in [-0.3, -0.25) is 0 Å². The van der Waals surface area contributed by atoms with Crippen LogP contribution in [-0.4, -0.2) is 19.3 Å². The molecule has 3 N–H and O–H groups in total. The maximum Gasteiger partial charge on any atom is 0.0687 e. The fourth-order valence-electron chi connectivity index (χ4n) is 1.60. The summed E-state index contributed by atoms with van der Waals surface area (Å²) in [5, 5.41) is 3.41. The van der Waals surface area contributed by atoms with Gasteiger partial charge in [-0.25, -0.2) is 0 Å². The van der Waals surface area contributed by atoms with E-state index in [-0.39, 0.29) is 5.54 Å². The van der Waals surface area contributed by atoms with E-state index in [9.17, 15) is 0 Å². The molecule has 0 atom stereocenters. The van der Waals surface area contributed by atoms with Crippen LogP contribution in [0.2, 0.25) is 0 Å². The average Bonchev–Trinajstić information content (AvgIpc) is 2.11. The van der Waals surface area contributed by atoms with Crippen LogP contribution in [0.25, 0.3) is 0 Å². The standard InChI is InChI=1S/C12H20N2O/c1-9-6-5-7-10(13)11(9)14-12(2,3)8-15-4/h5-7,14H,8,13H2,1-4H3. The van der Waals surface area contributed by atoms with Crippen molar-refractivity contribution in [2.75, 3.05) is 24.8 Å². The van der Waals surface area contributed by atoms with Gasteiger partial charge >= 0.3 is 0 Å². The highest BCUT2D eigenvalue weighted by Crippen LogP contribution is 2.26. The number of methoxy groups -OCH3 is 1. The fourth-order valence-corrected chi connectivity index (χ4v) is 1.60. The summed E-state index contributed by atoms with van der Waals surface area (Å²) in [7, 11) is 1.70. The van der Waals surface area contributed by atoms with E-state index < -0.39 is 0 Å². The highest BCUT2D eigenvalue weighted by Gasteiger charge is 2.18. The first kappa shape index (κ1) is 11.9. The molecule has 0 aromatic heterocycles. The van der Waals surface area contributed by atoms with E-state index in [4.69, 9.17) is 10.5 Å². The minimum absolute atomic E-state index is 0.116. The van der Waals surface area contributed by atoms with Crippen LogP contribution in [0.3, 0.4) is 0 Å². The van der Waals surface area contributed by atoms with Gasteiger partial charge < -0.3 is 15.8 Å². The molecule has 15 heavy (non-hydrogen) atoms. The Morgan fingerprint density at radius 1 is 1.40 bits per heavy atom. The van der Waals surface area contributed by atoms with E-state index in [0.717, 1.165) is 16.9 Å². The third-order valence-electron chi connectivity index (χ3n) is 2.27. The van der Waals surface area contributed by atoms with Crippen molar-refractivity contribution in [3.63, 3.8) is 0 Å². The van der Waals surface area contributed by atoms with Crippen LogP contribution in [0.1, 0.15) is 19.4 Å². The topological polar surface area (TPSA) is 47.3 Å². The number of benzene rings is 1. The minimum Gasteiger partial charge on any atom is -0.397 e. The van der Waals surface area contributed by atoms with E-state index in [1.54, 1.807) is 7.11 Å². The zero-order valence-electron chi connectivity index (χ0n) is 9.92. The van der Waals surface area contributed by atoms with Gasteiger partial charge in [0, 0.05) is 7.11 Å². The van der Waals surface area contributed by atoms with Gasteiger partial charge in [-0.1, -0.05) is 12.1 Å². The fraction of sp³-hybridized carbons (Fsp3) is 0.500. The zero-order valence-corrected chi connectivity index (χ0v) is 9.92. The SMILES string of the molecule is COCC(C)(C)Nc1c(C)cccc1N. The molecule has 0 fully saturated rings. The van der Waals surface area contributed by atoms with Crippen molar-refractivity contribution in [3.05, 3.63) is 23.8 Å². The minimum atomic E-state index is -0.116. The Bertz CT molecular complexity index is 314. The first-order valence-electron chi connectivity index (χ1n) is 5.08. The lowest BCUT2D eigenvalue weighted by Gasteiger charge is -2.28. The smallest absolute Gasteiger partial charge is 0.0687 e. The summed E-state index contributed by atoms with van der Waals surface area (Å²) in [6.45, 7) is 6.85. The number of ether oxygens (including phenoxy) is 1. The van der Waals surface area contributed by atoms with Gasteiger partial charge in [0.1, 0.15) is 0 Å². The number of rotatable bonds is 4. The maximum atomic E-state index is 5.92. The molecule has 84 valence electrons. The second kappa shape index (κ2) is 4.53. The molecule has 0 aliphatic carbocycles. The Morgan fingerprint density at radius 3 is 2.60 bits per heavy atom. The maximum absolute atomic E-state index is 5.92. The second-order valence-electron chi connectivity index (χ2n) is 4.48. The van der Waals surface area contributed by atoms with Crippen molar-refractivity contribution in [1.29, 1.82) is 0 Å². The summed E-state index contributed by atoms with van der Waals surface area (Å²) in [6, 6.07) is 5.90. The Kier molecular flexibility index (Phi) is 3.58. The van der Waals surface area contributed by atoms with Crippen molar-refractivity contribution in [2.24, 2.45) is 0 Å². The normalized spacial score (nSPS) is 11.5. The number of anilines is 2. The van der Waals surface area contributed by atoms with E-state index in [0.29, 0.717) is 6.61 Å². The molecule has 1 aromatic carbocycles. The Hall–Kier alpha value is -1.22. The summed E-state index contributed by atoms with van der Waals surface area (Å²) in [6.07, 6.45) is 0. The van der Waals surface area contributed by atoms with Gasteiger partial charge in [0.2, 0.25) is 0 Å². The van der Waals surface area contributed by atoms with Crippen molar-refractivity contribution >= 4 is 11.4 Å². The molecule has 0 spiro atoms. The number of nitrogen functional groups attached to an aromatic ring is 1. The van der Waals surface area contributed by atoms with Gasteiger partial charge in [0.15, 0.2) is 0 Å². The third-order valence-corrected chi connectivity index (χ3v) is 2.27. The number of nitrogens with one attached hydrogen (secondary N) is 1. The molecule has 0 bridgehead atoms. The third kappa shape index (κ3) is 3.13. The molecular formula is C12H20N2O. The van der Waals surface area contributed by atoms with Crippen molar-refractivity contribution in [3.8, 4) is 0 Å². The van der Waals surface area contributed by atoms with E-state index in [1.165, 1.54) is 0 Å². The van der Waals surface area contributed by atoms with Crippen molar-refractivity contribution < 1.29 is 4.74 Å². The number of hydrogen-bond acceptors (Lipinski definition) is 3. The van der Waals surface area contributed by atoms with Gasteiger partial charge in [-0.05, 0) is 32.4 Å². The van der Waals surface area contributed by atoms with Crippen LogP contribution >= 0.6 is 0 Å². The summed E-state index contributed by atoms with van der Waals surface area (Å²) in [5.41, 5.74) is 8.73. The molecule has 0 radical (unpaired) electrons. The van der Waals surface area contributed by atoms with Crippen LogP contribution in [-0.2, 0) is 4.74 Å². The van der Waals surface area contributed by atoms with Gasteiger partial charge in [-0.15, -0.1) is 0 Å². The molecule has 0 unspecified atom stereocenters. The highest BCUT2D eigenvalue weighted by atomic mass is 16.5. The lowest BCUT2D eigenvalue weighted by atomic mass is 10.0. The quantitative estimate of drug-likeness (QED) is 0.747. The predicted molar refractivity (Wildman–Crippen MR) is 65.2 cm³/mol. The number of hydrogen-bond donors (Lipinski definition) is 2. The summed E-state index contributed by atoms with van der Waals surface area (Å²) in [5.74, 6) is 0. The predicted octanol–water partition coefficient (Wildman–Crippen LogP) is 2.41. The summed E-state index contributed by atoms with van der Waals surface area (Å²) in [4.78, 5) is 0. The second-order valence-corrected chi connectivity index (χ2v) is 4.48. The molecule has 0 amide bonds. The molecule has 0 heterocycles. The lowest BCUT2D eigenvalue weighted by molar-refractivity contribution is 0.158. The highest BCUT2D eigenvalue weighted by molar-refractivity contribution is 5.70. The average molecular weight is 208 g/mol. The Balaban J connectivity index is 2.89. The monoisotopic (exact) mass is 208 g/mol. The number of nitrogens with two attached hydrogens (primary N) is 1. The Labute approximate surface area is 91.6 Å². The number of para-hydroxylation sites is 1. The molecule has 0 aliphatic rings. The molecular weight excluding hydrogens is 188 g/mol. The first-order chi connectivity index (χ1) is 6.96. The lowest BCUT2D eigenvalue weighted by Crippen LogP contribution is -2.36. The van der Waals surface area contributed by atoms with Gasteiger partial charge in [0.25, 0.3) is 0 Å². The zero-order chi connectivity index (χ0) is 11.5. The molecule has 1 aromatic rings. The first-order valence-corrected chi connectivity index (χ1v) is 5.08. The molecule has 1 rings (SSSR count). The summed E-state index contributed by atoms with van der Waals surface area (Å²) < 4.78 is 5.16. The van der Waals surface area contributed by atoms with Gasteiger partial charge in [-0.2, -0.15) is 0 Å². The number of aryl methyl sites for hydroxylation is 1.